The Hall–Kier alpha value is -2.57. The summed E-state index contributed by atoms with van der Waals surface area (Å²) in [5.74, 6) is 0.844. The zero-order chi connectivity index (χ0) is 19.8. The summed E-state index contributed by atoms with van der Waals surface area (Å²) in [5, 5.41) is 21.7. The standard InChI is InChI=1S/C21H22ClN3O3/c1-24-17-8-3-2-7-16(17)23-20(24)18(25(21(27)28)12-13-9-10-13)19(26)14-5-4-6-15(22)11-14/h2-8,11,13,18-19,26H,9-10,12H2,1H3,(H,27,28)/t18-,19-/m0/s1. The van der Waals surface area contributed by atoms with Gasteiger partial charge in [-0.05, 0) is 48.6 Å². The van der Waals surface area contributed by atoms with Crippen molar-refractivity contribution in [3.8, 4) is 0 Å². The Bertz CT molecular complexity index is 1020. The van der Waals surface area contributed by atoms with E-state index in [2.05, 4.69) is 4.98 Å². The average Bonchev–Trinajstić information content (AvgIpc) is 3.44. The molecule has 2 aromatic carbocycles. The van der Waals surface area contributed by atoms with Crippen molar-refractivity contribution in [1.82, 2.24) is 14.5 Å². The lowest BCUT2D eigenvalue weighted by Crippen LogP contribution is -2.39. The molecular weight excluding hydrogens is 378 g/mol. The Kier molecular flexibility index (Phi) is 5.00. The van der Waals surface area contributed by atoms with Gasteiger partial charge in [-0.25, -0.2) is 9.78 Å². The number of aliphatic hydroxyl groups excluding tert-OH is 1. The lowest BCUT2D eigenvalue weighted by atomic mass is 10.00. The summed E-state index contributed by atoms with van der Waals surface area (Å²) in [7, 11) is 1.85. The summed E-state index contributed by atoms with van der Waals surface area (Å²) in [6, 6.07) is 13.7. The van der Waals surface area contributed by atoms with Gasteiger partial charge < -0.3 is 14.8 Å². The minimum Gasteiger partial charge on any atom is -0.465 e. The molecule has 1 aromatic heterocycles. The molecule has 4 rings (SSSR count). The Morgan fingerprint density at radius 1 is 1.29 bits per heavy atom. The second-order valence-corrected chi connectivity index (χ2v) is 7.78. The molecule has 7 heteroatoms. The van der Waals surface area contributed by atoms with Crippen LogP contribution in [0.2, 0.25) is 5.02 Å². The Labute approximate surface area is 168 Å². The molecule has 28 heavy (non-hydrogen) atoms. The molecule has 0 saturated heterocycles. The number of aryl methyl sites for hydroxylation is 1. The van der Waals surface area contributed by atoms with Crippen molar-refractivity contribution < 1.29 is 15.0 Å². The van der Waals surface area contributed by atoms with Crippen LogP contribution in [-0.2, 0) is 7.05 Å². The number of nitrogens with zero attached hydrogens (tertiary/aromatic N) is 3. The topological polar surface area (TPSA) is 78.6 Å². The van der Waals surface area contributed by atoms with Crippen molar-refractivity contribution in [2.45, 2.75) is 25.0 Å². The highest BCUT2D eigenvalue weighted by Gasteiger charge is 2.38. The van der Waals surface area contributed by atoms with Crippen LogP contribution in [0.1, 0.15) is 36.4 Å². The van der Waals surface area contributed by atoms with Crippen molar-refractivity contribution in [3.05, 3.63) is 64.9 Å². The first-order chi connectivity index (χ1) is 13.5. The number of imidazole rings is 1. The van der Waals surface area contributed by atoms with Gasteiger partial charge in [-0.3, -0.25) is 4.90 Å². The van der Waals surface area contributed by atoms with Crippen LogP contribution in [0.3, 0.4) is 0 Å². The summed E-state index contributed by atoms with van der Waals surface area (Å²) in [4.78, 5) is 18.2. The van der Waals surface area contributed by atoms with E-state index in [1.807, 2.05) is 35.9 Å². The van der Waals surface area contributed by atoms with Gasteiger partial charge in [-0.2, -0.15) is 0 Å². The van der Waals surface area contributed by atoms with E-state index >= 15 is 0 Å². The summed E-state index contributed by atoms with van der Waals surface area (Å²) in [6.07, 6.45) is -0.146. The lowest BCUT2D eigenvalue weighted by Gasteiger charge is -2.33. The SMILES string of the molecule is Cn1c([C@H]([C@@H](O)c2cccc(Cl)c2)N(CC2CC2)C(=O)O)nc2ccccc21. The second kappa shape index (κ2) is 7.45. The number of fused-ring (bicyclic) bond motifs is 1. The Balaban J connectivity index is 1.84. The molecule has 1 fully saturated rings. The van der Waals surface area contributed by atoms with E-state index in [0.29, 0.717) is 28.9 Å². The number of carboxylic acid groups (broad SMARTS) is 1. The molecule has 0 spiro atoms. The highest BCUT2D eigenvalue weighted by atomic mass is 35.5. The smallest absolute Gasteiger partial charge is 0.408 e. The molecule has 1 aliphatic carbocycles. The van der Waals surface area contributed by atoms with Gasteiger partial charge >= 0.3 is 6.09 Å². The minimum atomic E-state index is -1.09. The summed E-state index contributed by atoms with van der Waals surface area (Å²) in [6.45, 7) is 0.376. The molecule has 2 atom stereocenters. The molecule has 1 aliphatic rings. The van der Waals surface area contributed by atoms with E-state index in [-0.39, 0.29) is 0 Å². The third-order valence-electron chi connectivity index (χ3n) is 5.31. The van der Waals surface area contributed by atoms with E-state index in [1.54, 1.807) is 24.3 Å². The summed E-state index contributed by atoms with van der Waals surface area (Å²) >= 11 is 6.11. The van der Waals surface area contributed by atoms with Crippen LogP contribution in [0, 0.1) is 5.92 Å². The lowest BCUT2D eigenvalue weighted by molar-refractivity contribution is 0.0393. The monoisotopic (exact) mass is 399 g/mol. The van der Waals surface area contributed by atoms with Gasteiger partial charge in [-0.1, -0.05) is 35.9 Å². The molecular formula is C21H22ClN3O3. The predicted octanol–water partition coefficient (Wildman–Crippen LogP) is 4.39. The summed E-state index contributed by atoms with van der Waals surface area (Å²) in [5.41, 5.74) is 2.21. The first kappa shape index (κ1) is 18.8. The van der Waals surface area contributed by atoms with Crippen molar-refractivity contribution in [1.29, 1.82) is 0 Å². The van der Waals surface area contributed by atoms with E-state index in [9.17, 15) is 15.0 Å². The number of amides is 1. The molecule has 0 unspecified atom stereocenters. The number of aliphatic hydroxyl groups is 1. The summed E-state index contributed by atoms with van der Waals surface area (Å²) < 4.78 is 1.86. The molecule has 0 radical (unpaired) electrons. The third-order valence-corrected chi connectivity index (χ3v) is 5.54. The highest BCUT2D eigenvalue weighted by Crippen LogP contribution is 2.39. The quantitative estimate of drug-likeness (QED) is 0.644. The molecule has 1 saturated carbocycles. The zero-order valence-electron chi connectivity index (χ0n) is 15.5. The molecule has 0 aliphatic heterocycles. The van der Waals surface area contributed by atoms with E-state index < -0.39 is 18.2 Å². The molecule has 146 valence electrons. The maximum absolute atomic E-state index is 12.2. The third kappa shape index (κ3) is 3.57. The number of aromatic nitrogens is 2. The van der Waals surface area contributed by atoms with Crippen LogP contribution < -0.4 is 0 Å². The fraction of sp³-hybridized carbons (Fsp3) is 0.333. The molecule has 1 amide bonds. The Morgan fingerprint density at radius 3 is 2.68 bits per heavy atom. The molecule has 1 heterocycles. The highest BCUT2D eigenvalue weighted by molar-refractivity contribution is 6.30. The first-order valence-corrected chi connectivity index (χ1v) is 9.68. The predicted molar refractivity (Wildman–Crippen MR) is 107 cm³/mol. The minimum absolute atomic E-state index is 0.333. The number of hydrogen-bond donors (Lipinski definition) is 2. The van der Waals surface area contributed by atoms with Crippen molar-refractivity contribution >= 4 is 28.7 Å². The van der Waals surface area contributed by atoms with Gasteiger partial charge in [-0.15, -0.1) is 0 Å². The molecule has 6 nitrogen and oxygen atoms in total. The van der Waals surface area contributed by atoms with Gasteiger partial charge in [0.1, 0.15) is 18.0 Å². The van der Waals surface area contributed by atoms with Crippen LogP contribution in [0.25, 0.3) is 11.0 Å². The maximum atomic E-state index is 12.2. The number of para-hydroxylation sites is 2. The zero-order valence-corrected chi connectivity index (χ0v) is 16.3. The van der Waals surface area contributed by atoms with Crippen LogP contribution in [0.15, 0.2) is 48.5 Å². The number of hydrogen-bond acceptors (Lipinski definition) is 3. The molecule has 2 N–H and O–H groups in total. The number of benzene rings is 2. The van der Waals surface area contributed by atoms with Crippen molar-refractivity contribution in [2.75, 3.05) is 6.54 Å². The van der Waals surface area contributed by atoms with Crippen molar-refractivity contribution in [2.24, 2.45) is 13.0 Å². The fourth-order valence-corrected chi connectivity index (χ4v) is 3.84. The molecule has 0 bridgehead atoms. The van der Waals surface area contributed by atoms with Crippen molar-refractivity contribution in [3.63, 3.8) is 0 Å². The largest absolute Gasteiger partial charge is 0.465 e. The second-order valence-electron chi connectivity index (χ2n) is 7.34. The number of carbonyl (C=O) groups is 1. The van der Waals surface area contributed by atoms with Gasteiger partial charge in [0.2, 0.25) is 0 Å². The van der Waals surface area contributed by atoms with Crippen LogP contribution >= 0.6 is 11.6 Å². The van der Waals surface area contributed by atoms with Crippen LogP contribution in [0.4, 0.5) is 4.79 Å². The van der Waals surface area contributed by atoms with Gasteiger partial charge in [0.25, 0.3) is 0 Å². The van der Waals surface area contributed by atoms with Gasteiger partial charge in [0.15, 0.2) is 0 Å². The van der Waals surface area contributed by atoms with Crippen LogP contribution in [0.5, 0.6) is 0 Å². The molecule has 3 aromatic rings. The van der Waals surface area contributed by atoms with E-state index in [1.165, 1.54) is 4.90 Å². The van der Waals surface area contributed by atoms with Gasteiger partial charge in [0, 0.05) is 18.6 Å². The van der Waals surface area contributed by atoms with Gasteiger partial charge in [0.05, 0.1) is 11.0 Å². The maximum Gasteiger partial charge on any atom is 0.408 e. The normalized spacial score (nSPS) is 16.1. The Morgan fingerprint density at radius 2 is 2.04 bits per heavy atom. The van der Waals surface area contributed by atoms with E-state index in [0.717, 1.165) is 23.9 Å². The van der Waals surface area contributed by atoms with Crippen LogP contribution in [-0.4, -0.2) is 37.3 Å². The number of halogens is 1. The number of rotatable bonds is 6. The van der Waals surface area contributed by atoms with E-state index in [4.69, 9.17) is 11.6 Å². The average molecular weight is 400 g/mol. The first-order valence-electron chi connectivity index (χ1n) is 9.30. The fourth-order valence-electron chi connectivity index (χ4n) is 3.64.